The molecule has 1 aliphatic rings. The standard InChI is InChI=1S/C23H23N3O4S/c1-4-13(2)26-22(29)16-7-5-6-8-17(16)25-23(26)31-14(3)21(28)15-9-10-19-18(11-15)24-20(27)12-30-19/h5-11,13-14H,4,12H2,1-3H3,(H,24,27)/t13-,14+/m1/s1. The minimum atomic E-state index is -0.485. The van der Waals surface area contributed by atoms with E-state index in [2.05, 4.69) is 5.32 Å². The number of anilines is 1. The third kappa shape index (κ3) is 4.07. The molecule has 0 saturated carbocycles. The summed E-state index contributed by atoms with van der Waals surface area (Å²) in [5, 5.41) is 3.33. The van der Waals surface area contributed by atoms with Crippen LogP contribution in [0, 0.1) is 0 Å². The van der Waals surface area contributed by atoms with Gasteiger partial charge < -0.3 is 10.1 Å². The number of Topliss-reactive ketones (excluding diaryl/α,β-unsaturated/α-hetero) is 1. The van der Waals surface area contributed by atoms with Crippen LogP contribution in [0.5, 0.6) is 5.75 Å². The van der Waals surface area contributed by atoms with Crippen LogP contribution in [-0.2, 0) is 4.79 Å². The van der Waals surface area contributed by atoms with E-state index in [1.54, 1.807) is 41.8 Å². The number of nitrogens with one attached hydrogen (secondary N) is 1. The molecule has 31 heavy (non-hydrogen) atoms. The number of amides is 1. The fourth-order valence-electron chi connectivity index (χ4n) is 3.46. The molecule has 0 radical (unpaired) electrons. The molecule has 7 nitrogen and oxygen atoms in total. The van der Waals surface area contributed by atoms with Crippen molar-refractivity contribution >= 4 is 40.0 Å². The summed E-state index contributed by atoms with van der Waals surface area (Å²) in [5.74, 6) is 0.168. The van der Waals surface area contributed by atoms with Crippen molar-refractivity contribution in [3.63, 3.8) is 0 Å². The quantitative estimate of drug-likeness (QED) is 0.355. The number of ketones is 1. The van der Waals surface area contributed by atoms with Crippen LogP contribution in [0.3, 0.4) is 0 Å². The van der Waals surface area contributed by atoms with Crippen molar-refractivity contribution in [3.8, 4) is 5.75 Å². The van der Waals surface area contributed by atoms with E-state index in [9.17, 15) is 14.4 Å². The van der Waals surface area contributed by atoms with Gasteiger partial charge in [-0.15, -0.1) is 0 Å². The molecule has 2 atom stereocenters. The van der Waals surface area contributed by atoms with Crippen LogP contribution in [-0.4, -0.2) is 33.1 Å². The summed E-state index contributed by atoms with van der Waals surface area (Å²) < 4.78 is 7.04. The van der Waals surface area contributed by atoms with Gasteiger partial charge in [0, 0.05) is 11.6 Å². The lowest BCUT2D eigenvalue weighted by molar-refractivity contribution is -0.118. The minimum absolute atomic E-state index is 0.0344. The van der Waals surface area contributed by atoms with Crippen molar-refractivity contribution in [3.05, 3.63) is 58.4 Å². The Balaban J connectivity index is 1.67. The van der Waals surface area contributed by atoms with Crippen LogP contribution >= 0.6 is 11.8 Å². The average Bonchev–Trinajstić information content (AvgIpc) is 2.77. The Bertz CT molecular complexity index is 1240. The van der Waals surface area contributed by atoms with Crippen LogP contribution in [0.1, 0.15) is 43.6 Å². The molecular formula is C23H23N3O4S. The van der Waals surface area contributed by atoms with Crippen molar-refractivity contribution in [2.75, 3.05) is 11.9 Å². The highest BCUT2D eigenvalue weighted by Gasteiger charge is 2.24. The number of ether oxygens (including phenoxy) is 1. The van der Waals surface area contributed by atoms with Crippen LogP contribution in [0.15, 0.2) is 52.4 Å². The van der Waals surface area contributed by atoms with Crippen LogP contribution < -0.4 is 15.6 Å². The van der Waals surface area contributed by atoms with Gasteiger partial charge in [0.05, 0.1) is 21.8 Å². The molecule has 160 valence electrons. The molecule has 0 aliphatic carbocycles. The lowest BCUT2D eigenvalue weighted by atomic mass is 10.1. The largest absolute Gasteiger partial charge is 0.482 e. The first-order valence-electron chi connectivity index (χ1n) is 10.2. The second kappa shape index (κ2) is 8.55. The fourth-order valence-corrected chi connectivity index (χ4v) is 4.55. The Hall–Kier alpha value is -3.13. The normalized spacial score (nSPS) is 15.0. The summed E-state index contributed by atoms with van der Waals surface area (Å²) in [5.41, 5.74) is 1.46. The number of fused-ring (bicyclic) bond motifs is 2. The van der Waals surface area contributed by atoms with E-state index in [0.717, 1.165) is 6.42 Å². The lowest BCUT2D eigenvalue weighted by Crippen LogP contribution is -2.27. The number of carbonyl (C=O) groups excluding carboxylic acids is 2. The maximum atomic E-state index is 13.1. The number of aromatic nitrogens is 2. The van der Waals surface area contributed by atoms with Crippen molar-refractivity contribution in [2.45, 2.75) is 43.6 Å². The number of carbonyl (C=O) groups is 2. The first-order chi connectivity index (χ1) is 14.9. The monoisotopic (exact) mass is 437 g/mol. The molecule has 4 rings (SSSR count). The molecule has 1 amide bonds. The van der Waals surface area contributed by atoms with Gasteiger partial charge in [-0.05, 0) is 50.6 Å². The summed E-state index contributed by atoms with van der Waals surface area (Å²) in [6.45, 7) is 5.75. The van der Waals surface area contributed by atoms with Crippen molar-refractivity contribution in [1.82, 2.24) is 9.55 Å². The van der Waals surface area contributed by atoms with Gasteiger partial charge in [0.25, 0.3) is 11.5 Å². The molecule has 2 heterocycles. The van der Waals surface area contributed by atoms with Gasteiger partial charge in [-0.25, -0.2) is 4.98 Å². The number of benzene rings is 2. The number of thioether (sulfide) groups is 1. The zero-order valence-electron chi connectivity index (χ0n) is 17.5. The highest BCUT2D eigenvalue weighted by Crippen LogP contribution is 2.32. The Kier molecular flexibility index (Phi) is 5.82. The third-order valence-electron chi connectivity index (χ3n) is 5.36. The number of rotatable bonds is 6. The van der Waals surface area contributed by atoms with Gasteiger partial charge in [0.1, 0.15) is 5.75 Å². The second-order valence-corrected chi connectivity index (χ2v) is 8.82. The van der Waals surface area contributed by atoms with Gasteiger partial charge in [-0.3, -0.25) is 19.0 Å². The van der Waals surface area contributed by atoms with Gasteiger partial charge in [-0.2, -0.15) is 0 Å². The topological polar surface area (TPSA) is 90.3 Å². The second-order valence-electron chi connectivity index (χ2n) is 7.52. The zero-order chi connectivity index (χ0) is 22.1. The fraction of sp³-hybridized carbons (Fsp3) is 0.304. The predicted molar refractivity (Wildman–Crippen MR) is 121 cm³/mol. The number of hydrogen-bond acceptors (Lipinski definition) is 6. The SMILES string of the molecule is CC[C@@H](C)n1c(S[C@@H](C)C(=O)c2ccc3c(c2)NC(=O)CO3)nc2ccccc2c1=O. The van der Waals surface area contributed by atoms with E-state index in [4.69, 9.17) is 9.72 Å². The third-order valence-corrected chi connectivity index (χ3v) is 6.42. The van der Waals surface area contributed by atoms with Gasteiger partial charge >= 0.3 is 0 Å². The van der Waals surface area contributed by atoms with Gasteiger partial charge in [-0.1, -0.05) is 30.8 Å². The summed E-state index contributed by atoms with van der Waals surface area (Å²) in [7, 11) is 0. The van der Waals surface area contributed by atoms with Crippen LogP contribution in [0.2, 0.25) is 0 Å². The van der Waals surface area contributed by atoms with E-state index in [1.807, 2.05) is 26.0 Å². The lowest BCUT2D eigenvalue weighted by Gasteiger charge is -2.21. The highest BCUT2D eigenvalue weighted by molar-refractivity contribution is 8.00. The summed E-state index contributed by atoms with van der Waals surface area (Å²) in [4.78, 5) is 42.5. The van der Waals surface area contributed by atoms with E-state index in [0.29, 0.717) is 33.1 Å². The van der Waals surface area contributed by atoms with E-state index >= 15 is 0 Å². The average molecular weight is 438 g/mol. The highest BCUT2D eigenvalue weighted by atomic mass is 32.2. The Morgan fingerprint density at radius 2 is 2.00 bits per heavy atom. The Labute approximate surface area is 183 Å². The molecule has 3 aromatic rings. The van der Waals surface area contributed by atoms with Gasteiger partial charge in [0.2, 0.25) is 0 Å². The molecule has 8 heteroatoms. The van der Waals surface area contributed by atoms with Gasteiger partial charge in [0.15, 0.2) is 17.5 Å². The minimum Gasteiger partial charge on any atom is -0.482 e. The number of para-hydroxylation sites is 1. The molecule has 1 aromatic heterocycles. The summed E-state index contributed by atoms with van der Waals surface area (Å²) >= 11 is 1.27. The van der Waals surface area contributed by atoms with Crippen molar-refractivity contribution in [2.24, 2.45) is 0 Å². The van der Waals surface area contributed by atoms with E-state index in [-0.39, 0.29) is 29.9 Å². The smallest absolute Gasteiger partial charge is 0.262 e. The maximum Gasteiger partial charge on any atom is 0.262 e. The molecule has 2 aromatic carbocycles. The number of nitrogens with zero attached hydrogens (tertiary/aromatic N) is 2. The molecule has 0 bridgehead atoms. The van der Waals surface area contributed by atoms with Crippen LogP contribution in [0.25, 0.3) is 10.9 Å². The van der Waals surface area contributed by atoms with E-state index < -0.39 is 5.25 Å². The molecule has 0 saturated heterocycles. The Morgan fingerprint density at radius 1 is 1.23 bits per heavy atom. The zero-order valence-corrected chi connectivity index (χ0v) is 18.4. The Morgan fingerprint density at radius 3 is 2.77 bits per heavy atom. The molecule has 0 unspecified atom stereocenters. The molecule has 0 fully saturated rings. The summed E-state index contributed by atoms with van der Waals surface area (Å²) in [6.07, 6.45) is 0.764. The van der Waals surface area contributed by atoms with Crippen LogP contribution in [0.4, 0.5) is 5.69 Å². The summed E-state index contributed by atoms with van der Waals surface area (Å²) in [6, 6.07) is 12.2. The molecule has 1 N–H and O–H groups in total. The maximum absolute atomic E-state index is 13.1. The molecule has 1 aliphatic heterocycles. The molecule has 0 spiro atoms. The van der Waals surface area contributed by atoms with Crippen molar-refractivity contribution in [1.29, 1.82) is 0 Å². The first-order valence-corrected chi connectivity index (χ1v) is 11.1. The predicted octanol–water partition coefficient (Wildman–Crippen LogP) is 4.06. The van der Waals surface area contributed by atoms with Crippen molar-refractivity contribution < 1.29 is 14.3 Å². The first kappa shape index (κ1) is 21.1. The number of hydrogen-bond donors (Lipinski definition) is 1. The van der Waals surface area contributed by atoms with E-state index in [1.165, 1.54) is 11.8 Å². The molecular weight excluding hydrogens is 414 g/mol.